The van der Waals surface area contributed by atoms with Crippen LogP contribution in [-0.2, 0) is 0 Å². The number of aryl methyl sites for hydroxylation is 1. The summed E-state index contributed by atoms with van der Waals surface area (Å²) in [6, 6.07) is 11.5. The summed E-state index contributed by atoms with van der Waals surface area (Å²) < 4.78 is 0. The number of allylic oxidation sites excluding steroid dienone is 1. The first-order chi connectivity index (χ1) is 9.75. The minimum Gasteiger partial charge on any atom is -0.358 e. The molecule has 0 atom stereocenters. The molecule has 0 spiro atoms. The Morgan fingerprint density at radius 2 is 1.90 bits per heavy atom. The lowest BCUT2D eigenvalue weighted by Gasteiger charge is -1.95. The first-order valence-electron chi connectivity index (χ1n) is 6.45. The van der Waals surface area contributed by atoms with Gasteiger partial charge >= 0.3 is 0 Å². The minimum absolute atomic E-state index is 0.0166. The van der Waals surface area contributed by atoms with Crippen molar-refractivity contribution >= 4 is 22.8 Å². The van der Waals surface area contributed by atoms with E-state index in [0.29, 0.717) is 5.56 Å². The van der Waals surface area contributed by atoms with Gasteiger partial charge < -0.3 is 4.98 Å². The molecule has 0 radical (unpaired) electrons. The molecule has 2 heterocycles. The highest BCUT2D eigenvalue weighted by molar-refractivity contribution is 6.07. The highest BCUT2D eigenvalue weighted by Crippen LogP contribution is 2.23. The van der Waals surface area contributed by atoms with E-state index in [-0.39, 0.29) is 5.78 Å². The highest BCUT2D eigenvalue weighted by Gasteiger charge is 2.06. The third-order valence-corrected chi connectivity index (χ3v) is 3.31. The molecule has 1 aromatic carbocycles. The van der Waals surface area contributed by atoms with Gasteiger partial charge in [-0.2, -0.15) is 0 Å². The fraction of sp³-hybridized carbons (Fsp3) is 0.0588. The van der Waals surface area contributed by atoms with E-state index in [0.717, 1.165) is 22.2 Å². The molecular formula is C17H14N2O. The summed E-state index contributed by atoms with van der Waals surface area (Å²) >= 11 is 0. The van der Waals surface area contributed by atoms with Crippen molar-refractivity contribution in [1.29, 1.82) is 0 Å². The van der Waals surface area contributed by atoms with Crippen LogP contribution in [-0.4, -0.2) is 15.8 Å². The van der Waals surface area contributed by atoms with Crippen LogP contribution in [0.5, 0.6) is 0 Å². The Balaban J connectivity index is 1.95. The second kappa shape index (κ2) is 5.13. The van der Waals surface area contributed by atoms with Gasteiger partial charge in [-0.15, -0.1) is 0 Å². The number of H-pyrrole nitrogens is 1. The molecule has 0 aliphatic rings. The predicted octanol–water partition coefficient (Wildman–Crippen LogP) is 3.77. The zero-order chi connectivity index (χ0) is 13.9. The maximum absolute atomic E-state index is 12.1. The van der Waals surface area contributed by atoms with E-state index >= 15 is 0 Å². The maximum atomic E-state index is 12.1. The van der Waals surface area contributed by atoms with E-state index in [4.69, 9.17) is 0 Å². The minimum atomic E-state index is -0.0166. The Kier molecular flexibility index (Phi) is 3.17. The Labute approximate surface area is 117 Å². The first kappa shape index (κ1) is 12.4. The Morgan fingerprint density at radius 1 is 1.15 bits per heavy atom. The lowest BCUT2D eigenvalue weighted by atomic mass is 10.1. The molecule has 0 aliphatic carbocycles. The van der Waals surface area contributed by atoms with Crippen molar-refractivity contribution in [2.24, 2.45) is 0 Å². The van der Waals surface area contributed by atoms with Gasteiger partial charge in [-0.1, -0.05) is 18.2 Å². The third-order valence-electron chi connectivity index (χ3n) is 3.31. The second-order valence-electron chi connectivity index (χ2n) is 4.64. The monoisotopic (exact) mass is 262 g/mol. The number of fused-ring (bicyclic) bond motifs is 1. The third kappa shape index (κ3) is 2.26. The van der Waals surface area contributed by atoms with Crippen molar-refractivity contribution in [3.63, 3.8) is 0 Å². The number of nitrogens with one attached hydrogen (secondary N) is 1. The topological polar surface area (TPSA) is 45.8 Å². The number of aromatic nitrogens is 2. The Hall–Kier alpha value is -2.68. The number of hydrogen-bond donors (Lipinski definition) is 1. The number of ketones is 1. The number of carbonyl (C=O) groups excluding carboxylic acids is 1. The van der Waals surface area contributed by atoms with Gasteiger partial charge in [-0.05, 0) is 37.3 Å². The van der Waals surface area contributed by atoms with E-state index in [9.17, 15) is 4.79 Å². The molecule has 0 unspecified atom stereocenters. The molecule has 3 nitrogen and oxygen atoms in total. The first-order valence-corrected chi connectivity index (χ1v) is 6.45. The van der Waals surface area contributed by atoms with E-state index < -0.39 is 0 Å². The van der Waals surface area contributed by atoms with Gasteiger partial charge in [0.25, 0.3) is 0 Å². The molecule has 0 saturated heterocycles. The number of pyridine rings is 1. The number of benzene rings is 1. The number of para-hydroxylation sites is 1. The van der Waals surface area contributed by atoms with Gasteiger partial charge in [-0.25, -0.2) is 0 Å². The molecule has 0 fully saturated rings. The molecule has 1 N–H and O–H groups in total. The molecule has 3 aromatic rings. The van der Waals surface area contributed by atoms with Crippen LogP contribution in [0.4, 0.5) is 0 Å². The summed E-state index contributed by atoms with van der Waals surface area (Å²) in [6.07, 6.45) is 6.73. The van der Waals surface area contributed by atoms with Crippen LogP contribution in [0.25, 0.3) is 17.0 Å². The van der Waals surface area contributed by atoms with E-state index in [1.165, 1.54) is 0 Å². The molecule has 0 saturated carbocycles. The average Bonchev–Trinajstić information content (AvgIpc) is 2.81. The van der Waals surface area contributed by atoms with Gasteiger partial charge in [0.15, 0.2) is 5.78 Å². The SMILES string of the molecule is Cc1[nH]c2ccccc2c1C=CC(=O)c1ccncc1. The van der Waals surface area contributed by atoms with E-state index in [2.05, 4.69) is 16.0 Å². The smallest absolute Gasteiger partial charge is 0.185 e. The largest absolute Gasteiger partial charge is 0.358 e. The highest BCUT2D eigenvalue weighted by atomic mass is 16.1. The summed E-state index contributed by atoms with van der Waals surface area (Å²) in [5.41, 5.74) is 3.85. The molecule has 0 aliphatic heterocycles. The molecule has 0 bridgehead atoms. The number of hydrogen-bond acceptors (Lipinski definition) is 2. The molecule has 2 aromatic heterocycles. The lowest BCUT2D eigenvalue weighted by molar-refractivity contribution is 0.104. The van der Waals surface area contributed by atoms with E-state index in [1.807, 2.05) is 31.2 Å². The van der Waals surface area contributed by atoms with Crippen LogP contribution in [0.1, 0.15) is 21.6 Å². The number of rotatable bonds is 3. The summed E-state index contributed by atoms with van der Waals surface area (Å²) in [6.45, 7) is 2.01. The molecule has 0 amide bonds. The number of aromatic amines is 1. The maximum Gasteiger partial charge on any atom is 0.185 e. The van der Waals surface area contributed by atoms with Crippen LogP contribution >= 0.6 is 0 Å². The van der Waals surface area contributed by atoms with Crippen LogP contribution in [0.15, 0.2) is 54.9 Å². The quantitative estimate of drug-likeness (QED) is 0.577. The summed E-state index contributed by atoms with van der Waals surface area (Å²) in [5.74, 6) is -0.0166. The van der Waals surface area contributed by atoms with Crippen molar-refractivity contribution in [2.75, 3.05) is 0 Å². The summed E-state index contributed by atoms with van der Waals surface area (Å²) in [7, 11) is 0. The van der Waals surface area contributed by atoms with Gasteiger partial charge in [-0.3, -0.25) is 9.78 Å². The van der Waals surface area contributed by atoms with Crippen LogP contribution < -0.4 is 0 Å². The Bertz CT molecular complexity index is 785. The van der Waals surface area contributed by atoms with E-state index in [1.54, 1.807) is 30.6 Å². The molecule has 20 heavy (non-hydrogen) atoms. The lowest BCUT2D eigenvalue weighted by Crippen LogP contribution is -1.93. The summed E-state index contributed by atoms with van der Waals surface area (Å²) in [4.78, 5) is 19.3. The Morgan fingerprint density at radius 3 is 2.70 bits per heavy atom. The normalized spacial score (nSPS) is 11.2. The molecule has 98 valence electrons. The zero-order valence-corrected chi connectivity index (χ0v) is 11.1. The molecule has 3 heteroatoms. The summed E-state index contributed by atoms with van der Waals surface area (Å²) in [5, 5.41) is 1.13. The fourth-order valence-electron chi connectivity index (χ4n) is 2.28. The van der Waals surface area contributed by atoms with Crippen molar-refractivity contribution < 1.29 is 4.79 Å². The second-order valence-corrected chi connectivity index (χ2v) is 4.64. The zero-order valence-electron chi connectivity index (χ0n) is 11.1. The number of nitrogens with zero attached hydrogens (tertiary/aromatic N) is 1. The van der Waals surface area contributed by atoms with Gasteiger partial charge in [0.2, 0.25) is 0 Å². The van der Waals surface area contributed by atoms with Crippen LogP contribution in [0, 0.1) is 6.92 Å². The molecule has 3 rings (SSSR count). The van der Waals surface area contributed by atoms with Crippen molar-refractivity contribution in [3.8, 4) is 0 Å². The van der Waals surface area contributed by atoms with Crippen molar-refractivity contribution in [1.82, 2.24) is 9.97 Å². The van der Waals surface area contributed by atoms with Gasteiger partial charge in [0, 0.05) is 40.1 Å². The fourth-order valence-corrected chi connectivity index (χ4v) is 2.28. The van der Waals surface area contributed by atoms with Crippen LogP contribution in [0.2, 0.25) is 0 Å². The van der Waals surface area contributed by atoms with Crippen LogP contribution in [0.3, 0.4) is 0 Å². The van der Waals surface area contributed by atoms with Crippen molar-refractivity contribution in [3.05, 3.63) is 71.7 Å². The van der Waals surface area contributed by atoms with Crippen molar-refractivity contribution in [2.45, 2.75) is 6.92 Å². The van der Waals surface area contributed by atoms with Gasteiger partial charge in [0.05, 0.1) is 0 Å². The average molecular weight is 262 g/mol. The standard InChI is InChI=1S/C17H14N2O/c1-12-14(15-4-2-3-5-16(15)19-12)6-7-17(20)13-8-10-18-11-9-13/h2-11,19H,1H3. The molecular weight excluding hydrogens is 248 g/mol. The number of carbonyl (C=O) groups is 1. The predicted molar refractivity (Wildman–Crippen MR) is 80.6 cm³/mol. The van der Waals surface area contributed by atoms with Gasteiger partial charge in [0.1, 0.15) is 0 Å².